The molecule has 0 amide bonds. The van der Waals surface area contributed by atoms with Crippen molar-refractivity contribution >= 4 is 40.1 Å². The van der Waals surface area contributed by atoms with Gasteiger partial charge in [-0.1, -0.05) is 38.8 Å². The van der Waals surface area contributed by atoms with Crippen molar-refractivity contribution < 1.29 is 95.5 Å². The third kappa shape index (κ3) is 17.8. The van der Waals surface area contributed by atoms with Gasteiger partial charge in [0.15, 0.2) is 63.9 Å². The van der Waals surface area contributed by atoms with E-state index in [0.29, 0.717) is 0 Å². The summed E-state index contributed by atoms with van der Waals surface area (Å²) in [6.07, 6.45) is 9.36. The molecule has 0 saturated heterocycles. The molecule has 304 valence electrons. The number of halogens is 12. The maximum Gasteiger partial charge on any atom is 0.480 e. The minimum atomic E-state index is -6.72. The van der Waals surface area contributed by atoms with Gasteiger partial charge in [-0.05, 0) is 0 Å². The van der Waals surface area contributed by atoms with Crippen molar-refractivity contribution in [2.45, 2.75) is 88.5 Å². The number of alkyl halides is 12. The highest BCUT2D eigenvalue weighted by Crippen LogP contribution is 2.37. The summed E-state index contributed by atoms with van der Waals surface area (Å²) >= 11 is 0. The van der Waals surface area contributed by atoms with E-state index in [-0.39, 0.29) is 0 Å². The van der Waals surface area contributed by atoms with E-state index >= 15 is 0 Å². The van der Waals surface area contributed by atoms with Gasteiger partial charge in [-0.3, -0.25) is 0 Å². The molecule has 0 radical (unpaired) electrons. The Morgan fingerprint density at radius 1 is 0.481 bits per heavy atom. The lowest BCUT2D eigenvalue weighted by atomic mass is 10.3. The van der Waals surface area contributed by atoms with E-state index in [1.807, 2.05) is 0 Å². The summed E-state index contributed by atoms with van der Waals surface area (Å²) in [5.41, 5.74) is -22.1. The van der Waals surface area contributed by atoms with Gasteiger partial charge in [-0.15, -0.1) is 0 Å². The number of sulfonamides is 4. The van der Waals surface area contributed by atoms with Crippen LogP contribution in [0.4, 0.5) is 52.7 Å². The molecule has 0 aliphatic rings. The zero-order valence-corrected chi connectivity index (χ0v) is 30.4. The minimum absolute atomic E-state index is 0.778. The molecule has 0 unspecified atom stereocenters. The van der Waals surface area contributed by atoms with Gasteiger partial charge in [-0.25, -0.2) is 42.8 Å². The zero-order chi connectivity index (χ0) is 41.6. The monoisotopic (exact) mass is 860 g/mol. The van der Waals surface area contributed by atoms with Crippen LogP contribution in [0, 0.1) is 13.8 Å². The molecule has 0 fully saturated rings. The van der Waals surface area contributed by atoms with Crippen LogP contribution in [0.25, 0.3) is 8.25 Å². The Bertz CT molecular complexity index is 1630. The molecular weight excluding hydrogens is 829 g/mol. The predicted octanol–water partition coefficient (Wildman–Crippen LogP) is 6.28. The first-order chi connectivity index (χ1) is 23.1. The molecule has 2 aromatic rings. The van der Waals surface area contributed by atoms with E-state index in [1.54, 1.807) is 0 Å². The molecule has 52 heavy (non-hydrogen) atoms. The lowest BCUT2D eigenvalue weighted by molar-refractivity contribution is -0.703. The van der Waals surface area contributed by atoms with E-state index in [1.165, 1.54) is 37.1 Å². The van der Waals surface area contributed by atoms with Gasteiger partial charge in [-0.2, -0.15) is 52.7 Å². The van der Waals surface area contributed by atoms with E-state index in [0.717, 1.165) is 21.3 Å². The third-order valence-corrected chi connectivity index (χ3v) is 10.9. The summed E-state index contributed by atoms with van der Waals surface area (Å²) < 4.78 is 223. The molecule has 28 heteroatoms. The number of pyridine rings is 2. The van der Waals surface area contributed by atoms with Gasteiger partial charge < -0.3 is 8.25 Å². The second kappa shape index (κ2) is 20.0. The fourth-order valence-electron chi connectivity index (χ4n) is 2.71. The van der Waals surface area contributed by atoms with E-state index in [2.05, 4.69) is 85.6 Å². The van der Waals surface area contributed by atoms with Crippen LogP contribution in [0.1, 0.15) is 50.9 Å². The highest BCUT2D eigenvalue weighted by molar-refractivity contribution is 8.13. The summed E-state index contributed by atoms with van der Waals surface area (Å²) in [6, 6.07) is 12.6. The number of hydrogen-bond acceptors (Lipinski definition) is 8. The van der Waals surface area contributed by atoms with E-state index in [9.17, 15) is 86.4 Å². The minimum Gasteiger partial charge on any atom is -0.421 e. The lowest BCUT2D eigenvalue weighted by Gasteiger charge is -2.22. The van der Waals surface area contributed by atoms with Gasteiger partial charge >= 0.3 is 22.0 Å². The van der Waals surface area contributed by atoms with Crippen molar-refractivity contribution in [1.29, 1.82) is 0 Å². The first-order valence-electron chi connectivity index (χ1n) is 13.7. The van der Waals surface area contributed by atoms with Crippen LogP contribution in [0.3, 0.4) is 0 Å². The highest BCUT2D eigenvalue weighted by Gasteiger charge is 2.48. The van der Waals surface area contributed by atoms with Crippen LogP contribution in [0.2, 0.25) is 0 Å². The predicted molar refractivity (Wildman–Crippen MR) is 159 cm³/mol. The van der Waals surface area contributed by atoms with Crippen molar-refractivity contribution in [2.24, 2.45) is 0 Å². The standard InChI is InChI=1S/2C10H16N.2C2F6NO4S2/c2*1-3-4-8-11-9-6-5-7-10(11)2;2*3-1(4,5)14(10,11)9-15(12,13)2(6,7)8/h2*5-7,9H,3-4,8H2,1-2H3;;/q2*+1;2*-1. The number of hydrogen-bond donors (Lipinski definition) is 0. The Morgan fingerprint density at radius 3 is 0.885 bits per heavy atom. The Kier molecular flexibility index (Phi) is 19.8. The van der Waals surface area contributed by atoms with Crippen LogP contribution >= 0.6 is 0 Å². The molecular formula is C24H32F12N4O8S4. The number of nitrogens with zero attached hydrogens (tertiary/aromatic N) is 4. The Hall–Kier alpha value is -2.82. The molecule has 0 atom stereocenters. The number of aryl methyl sites for hydroxylation is 4. The third-order valence-electron chi connectivity index (χ3n) is 5.40. The van der Waals surface area contributed by atoms with Crippen molar-refractivity contribution in [1.82, 2.24) is 0 Å². The van der Waals surface area contributed by atoms with Crippen LogP contribution in [-0.4, -0.2) is 55.7 Å². The average Bonchev–Trinajstić information content (AvgIpc) is 2.94. The van der Waals surface area contributed by atoms with Crippen molar-refractivity contribution in [3.8, 4) is 0 Å². The number of unbranched alkanes of at least 4 members (excludes halogenated alkanes) is 2. The molecule has 0 bridgehead atoms. The van der Waals surface area contributed by atoms with E-state index in [4.69, 9.17) is 0 Å². The van der Waals surface area contributed by atoms with Gasteiger partial charge in [0.1, 0.15) is 13.1 Å². The maximum atomic E-state index is 11.4. The number of aromatic nitrogens is 2. The van der Waals surface area contributed by atoms with Crippen molar-refractivity contribution in [3.05, 3.63) is 68.4 Å². The molecule has 2 aromatic heterocycles. The van der Waals surface area contributed by atoms with Crippen LogP contribution in [-0.2, 0) is 53.2 Å². The molecule has 0 saturated carbocycles. The van der Waals surface area contributed by atoms with Gasteiger partial charge in [0.25, 0.3) is 0 Å². The van der Waals surface area contributed by atoms with Gasteiger partial charge in [0, 0.05) is 51.0 Å². The molecule has 0 N–H and O–H groups in total. The van der Waals surface area contributed by atoms with Crippen LogP contribution < -0.4 is 9.13 Å². The maximum absolute atomic E-state index is 11.4. The normalized spacial score (nSPS) is 13.1. The van der Waals surface area contributed by atoms with Crippen molar-refractivity contribution in [3.63, 3.8) is 0 Å². The first kappa shape index (κ1) is 51.3. The Balaban J connectivity index is 0. The first-order valence-corrected chi connectivity index (χ1v) is 19.5. The summed E-state index contributed by atoms with van der Waals surface area (Å²) in [7, 11) is -26.9. The lowest BCUT2D eigenvalue weighted by Crippen LogP contribution is -2.36. The van der Waals surface area contributed by atoms with E-state index < -0.39 is 62.1 Å². The summed E-state index contributed by atoms with van der Waals surface area (Å²) in [4.78, 5) is 0. The SMILES string of the molecule is CCCC[n+]1ccccc1C.CCCC[n+]1ccccc1C.O=S(=O)([N-]S(=O)(=O)C(F)(F)F)C(F)(F)F.O=S(=O)([N-]S(=O)(=O)C(F)(F)F)C(F)(F)F. The smallest absolute Gasteiger partial charge is 0.421 e. The molecule has 2 heterocycles. The fourth-order valence-corrected chi connectivity index (χ4v) is 6.13. The highest BCUT2D eigenvalue weighted by atomic mass is 32.3. The molecule has 0 aromatic carbocycles. The zero-order valence-electron chi connectivity index (χ0n) is 27.1. The topological polar surface area (TPSA) is 173 Å². The quantitative estimate of drug-likeness (QED) is 0.198. The Morgan fingerprint density at radius 2 is 0.712 bits per heavy atom. The van der Waals surface area contributed by atoms with Gasteiger partial charge in [0.05, 0.1) is 0 Å². The van der Waals surface area contributed by atoms with Crippen molar-refractivity contribution in [2.75, 3.05) is 0 Å². The second-order valence-electron chi connectivity index (χ2n) is 9.61. The fraction of sp³-hybridized carbons (Fsp3) is 0.583. The summed E-state index contributed by atoms with van der Waals surface area (Å²) in [5, 5.41) is 0. The second-order valence-corrected chi connectivity index (χ2v) is 16.5. The summed E-state index contributed by atoms with van der Waals surface area (Å²) in [5.74, 6) is 0. The van der Waals surface area contributed by atoms with Crippen LogP contribution in [0.15, 0.2) is 48.8 Å². The largest absolute Gasteiger partial charge is 0.480 e. The Labute approximate surface area is 292 Å². The molecule has 2 rings (SSSR count). The molecule has 12 nitrogen and oxygen atoms in total. The molecule has 0 spiro atoms. The van der Waals surface area contributed by atoms with Crippen LogP contribution in [0.5, 0.6) is 0 Å². The average molecular weight is 861 g/mol. The number of rotatable bonds is 10. The summed E-state index contributed by atoms with van der Waals surface area (Å²) in [6.45, 7) is 11.1. The molecule has 0 aliphatic carbocycles. The molecule has 0 aliphatic heterocycles. The van der Waals surface area contributed by atoms with Gasteiger partial charge in [0.2, 0.25) is 0 Å².